The maximum absolute atomic E-state index is 12.1. The van der Waals surface area contributed by atoms with Crippen molar-refractivity contribution in [3.05, 3.63) is 75.4 Å². The van der Waals surface area contributed by atoms with Gasteiger partial charge in [-0.1, -0.05) is 75.5 Å². The Balaban J connectivity index is 0.000000254. The molecule has 2 aromatic carbocycles. The molecule has 1 amide bonds. The van der Waals surface area contributed by atoms with E-state index in [4.69, 9.17) is 16.3 Å². The van der Waals surface area contributed by atoms with Crippen LogP contribution in [0.25, 0.3) is 11.1 Å². The van der Waals surface area contributed by atoms with Gasteiger partial charge >= 0.3 is 0 Å². The van der Waals surface area contributed by atoms with Gasteiger partial charge in [-0.05, 0) is 66.0 Å². The molecule has 0 saturated heterocycles. The van der Waals surface area contributed by atoms with Gasteiger partial charge in [0.1, 0.15) is 5.75 Å². The van der Waals surface area contributed by atoms with Crippen LogP contribution in [-0.2, 0) is 6.42 Å². The molecule has 0 aliphatic carbocycles. The van der Waals surface area contributed by atoms with Crippen LogP contribution in [0.5, 0.6) is 5.75 Å². The largest absolute Gasteiger partial charge is 0.495 e. The summed E-state index contributed by atoms with van der Waals surface area (Å²) in [5.41, 5.74) is 3.25. The number of nitrogens with one attached hydrogen (secondary N) is 1. The van der Waals surface area contributed by atoms with Crippen molar-refractivity contribution in [1.82, 2.24) is 5.32 Å². The highest BCUT2D eigenvalue weighted by molar-refractivity contribution is 7.10. The molecule has 1 N–H and O–H groups in total. The van der Waals surface area contributed by atoms with E-state index in [0.717, 1.165) is 38.6 Å². The van der Waals surface area contributed by atoms with Crippen molar-refractivity contribution in [3.63, 3.8) is 0 Å². The summed E-state index contributed by atoms with van der Waals surface area (Å²) >= 11 is 7.80. The molecule has 0 atom stereocenters. The zero-order valence-corrected chi connectivity index (χ0v) is 21.8. The molecule has 0 aliphatic rings. The van der Waals surface area contributed by atoms with E-state index in [1.807, 2.05) is 11.3 Å². The van der Waals surface area contributed by atoms with Gasteiger partial charge in [0, 0.05) is 17.0 Å². The third-order valence-electron chi connectivity index (χ3n) is 5.47. The molecule has 0 unspecified atom stereocenters. The third kappa shape index (κ3) is 8.87. The van der Waals surface area contributed by atoms with Crippen molar-refractivity contribution < 1.29 is 9.53 Å². The van der Waals surface area contributed by atoms with Crippen LogP contribution in [-0.4, -0.2) is 19.6 Å². The number of aryl methyl sites for hydroxylation is 1. The van der Waals surface area contributed by atoms with Crippen LogP contribution in [0.3, 0.4) is 0 Å². The van der Waals surface area contributed by atoms with E-state index in [-0.39, 0.29) is 5.91 Å². The van der Waals surface area contributed by atoms with Crippen LogP contribution in [0.2, 0.25) is 5.02 Å². The smallest absolute Gasteiger partial charge is 0.251 e. The van der Waals surface area contributed by atoms with Crippen molar-refractivity contribution in [2.45, 2.75) is 52.9 Å². The molecule has 3 rings (SSSR count). The van der Waals surface area contributed by atoms with Crippen LogP contribution < -0.4 is 10.1 Å². The molecule has 1 heterocycles. The number of benzene rings is 2. The molecule has 33 heavy (non-hydrogen) atoms. The van der Waals surface area contributed by atoms with E-state index in [9.17, 15) is 4.79 Å². The van der Waals surface area contributed by atoms with E-state index < -0.39 is 0 Å². The van der Waals surface area contributed by atoms with E-state index >= 15 is 0 Å². The van der Waals surface area contributed by atoms with E-state index in [1.165, 1.54) is 16.0 Å². The second-order valence-electron chi connectivity index (χ2n) is 8.02. The van der Waals surface area contributed by atoms with E-state index in [0.29, 0.717) is 22.3 Å². The van der Waals surface area contributed by atoms with Gasteiger partial charge in [0.2, 0.25) is 0 Å². The number of carbonyl (C=O) groups excluding carboxylic acids is 1. The third-order valence-corrected chi connectivity index (χ3v) is 6.86. The Bertz CT molecular complexity index is 965. The van der Waals surface area contributed by atoms with Gasteiger partial charge in [0.15, 0.2) is 0 Å². The lowest BCUT2D eigenvalue weighted by atomic mass is 9.98. The van der Waals surface area contributed by atoms with Crippen LogP contribution in [0.15, 0.2) is 60.0 Å². The molecule has 3 aromatic rings. The molecule has 178 valence electrons. The van der Waals surface area contributed by atoms with Gasteiger partial charge in [-0.3, -0.25) is 4.79 Å². The highest BCUT2D eigenvalue weighted by Crippen LogP contribution is 2.26. The second kappa shape index (κ2) is 14.8. The number of hydrogen-bond acceptors (Lipinski definition) is 3. The number of amides is 1. The molecule has 5 heteroatoms. The first kappa shape index (κ1) is 26.9. The van der Waals surface area contributed by atoms with Gasteiger partial charge in [-0.15, -0.1) is 11.3 Å². The van der Waals surface area contributed by atoms with Crippen molar-refractivity contribution in [2.75, 3.05) is 13.7 Å². The summed E-state index contributed by atoms with van der Waals surface area (Å²) in [5.74, 6) is 1.01. The predicted molar refractivity (Wildman–Crippen MR) is 143 cm³/mol. The molecule has 3 nitrogen and oxygen atoms in total. The Morgan fingerprint density at radius 2 is 1.70 bits per heavy atom. The van der Waals surface area contributed by atoms with Crippen LogP contribution in [0.1, 0.15) is 61.7 Å². The van der Waals surface area contributed by atoms with Gasteiger partial charge in [0.25, 0.3) is 5.91 Å². The Labute approximate surface area is 208 Å². The minimum Gasteiger partial charge on any atom is -0.495 e. The summed E-state index contributed by atoms with van der Waals surface area (Å²) < 4.78 is 5.13. The molecule has 0 saturated carbocycles. The fourth-order valence-electron chi connectivity index (χ4n) is 3.65. The van der Waals surface area contributed by atoms with E-state index in [2.05, 4.69) is 67.9 Å². The number of halogens is 1. The fraction of sp³-hybridized carbons (Fsp3) is 0.393. The van der Waals surface area contributed by atoms with Crippen LogP contribution >= 0.6 is 22.9 Å². The Morgan fingerprint density at radius 3 is 2.27 bits per heavy atom. The van der Waals surface area contributed by atoms with Crippen LogP contribution in [0.4, 0.5) is 0 Å². The van der Waals surface area contributed by atoms with Crippen molar-refractivity contribution in [1.29, 1.82) is 0 Å². The topological polar surface area (TPSA) is 38.3 Å². The molecular weight excluding hydrogens is 450 g/mol. The summed E-state index contributed by atoms with van der Waals surface area (Å²) in [4.78, 5) is 13.6. The predicted octanol–water partition coefficient (Wildman–Crippen LogP) is 8.27. The second-order valence-corrected chi connectivity index (χ2v) is 9.43. The lowest BCUT2D eigenvalue weighted by Gasteiger charge is -2.16. The maximum atomic E-state index is 12.1. The number of hydrogen-bond donors (Lipinski definition) is 1. The lowest BCUT2D eigenvalue weighted by molar-refractivity contribution is 0.0945. The van der Waals surface area contributed by atoms with Crippen molar-refractivity contribution >= 4 is 28.8 Å². The summed E-state index contributed by atoms with van der Waals surface area (Å²) in [6, 6.07) is 17.9. The number of carbonyl (C=O) groups is 1. The summed E-state index contributed by atoms with van der Waals surface area (Å²) in [5, 5.41) is 5.75. The molecule has 0 aliphatic heterocycles. The molecular formula is C28H36ClNO2S. The van der Waals surface area contributed by atoms with Crippen LogP contribution in [0, 0.1) is 5.92 Å². The first-order valence-electron chi connectivity index (χ1n) is 11.8. The lowest BCUT2D eigenvalue weighted by Crippen LogP contribution is -2.29. The number of ether oxygens (including phenoxy) is 1. The SMILES string of the molecule is CCCC(CCC)CNC(=O)c1ccc(Cl)c(OC)c1.CCc1cc(-c2ccccc2)cs1. The molecule has 1 aromatic heterocycles. The van der Waals surface area contributed by atoms with Crippen molar-refractivity contribution in [2.24, 2.45) is 5.92 Å². The highest BCUT2D eigenvalue weighted by atomic mass is 35.5. The van der Waals surface area contributed by atoms with Gasteiger partial charge < -0.3 is 10.1 Å². The van der Waals surface area contributed by atoms with Crippen molar-refractivity contribution in [3.8, 4) is 16.9 Å². The van der Waals surface area contributed by atoms with Gasteiger partial charge in [-0.2, -0.15) is 0 Å². The molecule has 0 spiro atoms. The summed E-state index contributed by atoms with van der Waals surface area (Å²) in [7, 11) is 1.54. The minimum absolute atomic E-state index is 0.0721. The number of rotatable bonds is 10. The Morgan fingerprint density at radius 1 is 1.00 bits per heavy atom. The van der Waals surface area contributed by atoms with E-state index in [1.54, 1.807) is 25.3 Å². The molecule has 0 fully saturated rings. The summed E-state index contributed by atoms with van der Waals surface area (Å²) in [6.07, 6.45) is 5.73. The standard InChI is InChI=1S/C16H24ClNO2.C12H12S/c1-4-6-12(7-5-2)11-18-16(19)13-8-9-14(17)15(10-13)20-3;1-2-12-8-11(9-13-12)10-6-4-3-5-7-10/h8-10,12H,4-7,11H2,1-3H3,(H,18,19);3-9H,2H2,1H3. The number of thiophene rings is 1. The zero-order valence-electron chi connectivity index (χ0n) is 20.2. The first-order chi connectivity index (χ1) is 16.0. The Hall–Kier alpha value is -2.30. The Kier molecular flexibility index (Phi) is 12.1. The normalized spacial score (nSPS) is 10.5. The number of methoxy groups -OCH3 is 1. The van der Waals surface area contributed by atoms with Gasteiger partial charge in [0.05, 0.1) is 12.1 Å². The fourth-order valence-corrected chi connectivity index (χ4v) is 4.69. The average Bonchev–Trinajstić information content (AvgIpc) is 3.33. The van der Waals surface area contributed by atoms with Gasteiger partial charge in [-0.25, -0.2) is 0 Å². The first-order valence-corrected chi connectivity index (χ1v) is 13.0. The monoisotopic (exact) mass is 485 g/mol. The highest BCUT2D eigenvalue weighted by Gasteiger charge is 2.12. The molecule has 0 bridgehead atoms. The molecule has 0 radical (unpaired) electrons. The maximum Gasteiger partial charge on any atom is 0.251 e. The zero-order chi connectivity index (χ0) is 24.1. The summed E-state index contributed by atoms with van der Waals surface area (Å²) in [6.45, 7) is 7.27. The minimum atomic E-state index is -0.0721. The quantitative estimate of drug-likeness (QED) is 0.313. The average molecular weight is 486 g/mol.